The highest BCUT2D eigenvalue weighted by atomic mass is 32.1. The standard InChI is InChI=1S/C20H25F3N4OS/c1-2-24-19(26-14-17-4-3-11-29-17)25-13-15-5-6-16(12-18(15)20(21,22)23)27-7-9-28-10-8-27/h3-6,11-12H,2,7-10,13-14H2,1H3,(H2,24,25,26). The third-order valence-corrected chi connectivity index (χ3v) is 5.41. The van der Waals surface area contributed by atoms with E-state index in [1.165, 1.54) is 12.1 Å². The number of halogens is 3. The number of rotatable bonds is 6. The van der Waals surface area contributed by atoms with Gasteiger partial charge in [-0.1, -0.05) is 12.1 Å². The number of hydrogen-bond donors (Lipinski definition) is 2. The summed E-state index contributed by atoms with van der Waals surface area (Å²) in [5.74, 6) is 0.492. The minimum Gasteiger partial charge on any atom is -0.378 e. The summed E-state index contributed by atoms with van der Waals surface area (Å²) in [4.78, 5) is 7.41. The maximum absolute atomic E-state index is 13.7. The van der Waals surface area contributed by atoms with Crippen LogP contribution in [-0.2, 0) is 24.0 Å². The van der Waals surface area contributed by atoms with Crippen molar-refractivity contribution in [2.24, 2.45) is 4.99 Å². The fourth-order valence-corrected chi connectivity index (χ4v) is 3.72. The molecule has 0 spiro atoms. The second kappa shape index (κ2) is 9.98. The molecule has 158 valence electrons. The number of morpholine rings is 1. The third-order valence-electron chi connectivity index (χ3n) is 4.54. The largest absolute Gasteiger partial charge is 0.416 e. The van der Waals surface area contributed by atoms with Crippen molar-refractivity contribution in [2.45, 2.75) is 26.2 Å². The Morgan fingerprint density at radius 1 is 1.21 bits per heavy atom. The number of benzene rings is 1. The first-order chi connectivity index (χ1) is 14.0. The molecule has 0 bridgehead atoms. The predicted octanol–water partition coefficient (Wildman–Crippen LogP) is 3.86. The van der Waals surface area contributed by atoms with Crippen LogP contribution >= 0.6 is 11.3 Å². The van der Waals surface area contributed by atoms with E-state index in [2.05, 4.69) is 15.6 Å². The van der Waals surface area contributed by atoms with Crippen molar-refractivity contribution in [1.82, 2.24) is 10.6 Å². The van der Waals surface area contributed by atoms with Crippen LogP contribution in [0.3, 0.4) is 0 Å². The van der Waals surface area contributed by atoms with Crippen molar-refractivity contribution in [1.29, 1.82) is 0 Å². The van der Waals surface area contributed by atoms with Crippen molar-refractivity contribution in [3.05, 3.63) is 51.7 Å². The van der Waals surface area contributed by atoms with Gasteiger partial charge in [0.25, 0.3) is 0 Å². The molecule has 0 aliphatic carbocycles. The lowest BCUT2D eigenvalue weighted by Crippen LogP contribution is -2.36. The first-order valence-corrected chi connectivity index (χ1v) is 10.4. The van der Waals surface area contributed by atoms with Crippen LogP contribution < -0.4 is 15.5 Å². The van der Waals surface area contributed by atoms with Crippen molar-refractivity contribution in [2.75, 3.05) is 37.7 Å². The van der Waals surface area contributed by atoms with Crippen LogP contribution in [0.15, 0.2) is 40.7 Å². The molecule has 0 radical (unpaired) electrons. The smallest absolute Gasteiger partial charge is 0.378 e. The molecule has 0 unspecified atom stereocenters. The van der Waals surface area contributed by atoms with Crippen molar-refractivity contribution in [3.8, 4) is 0 Å². The molecule has 1 aromatic heterocycles. The molecule has 2 N–H and O–H groups in total. The molecule has 3 rings (SSSR count). The number of ether oxygens (including phenoxy) is 1. The Hall–Kier alpha value is -2.26. The summed E-state index contributed by atoms with van der Waals surface area (Å²) in [5.41, 5.74) is 0.0817. The summed E-state index contributed by atoms with van der Waals surface area (Å²) < 4.78 is 46.3. The summed E-state index contributed by atoms with van der Waals surface area (Å²) in [6, 6.07) is 8.43. The minimum absolute atomic E-state index is 0.0575. The molecule has 1 aliphatic rings. The Labute approximate surface area is 172 Å². The average Bonchev–Trinajstić information content (AvgIpc) is 3.23. The Kier molecular flexibility index (Phi) is 7.38. The molecular weight excluding hydrogens is 401 g/mol. The van der Waals surface area contributed by atoms with E-state index in [1.807, 2.05) is 29.3 Å². The van der Waals surface area contributed by atoms with Gasteiger partial charge in [0.1, 0.15) is 0 Å². The number of nitrogens with one attached hydrogen (secondary N) is 2. The van der Waals surface area contributed by atoms with Crippen molar-refractivity contribution >= 4 is 23.0 Å². The lowest BCUT2D eigenvalue weighted by molar-refractivity contribution is -0.138. The van der Waals surface area contributed by atoms with Gasteiger partial charge in [0.2, 0.25) is 0 Å². The molecule has 0 atom stereocenters. The zero-order valence-corrected chi connectivity index (χ0v) is 17.1. The molecular formula is C20H25F3N4OS. The number of guanidine groups is 1. The number of nitrogens with zero attached hydrogens (tertiary/aromatic N) is 2. The molecule has 1 aliphatic heterocycles. The highest BCUT2D eigenvalue weighted by Crippen LogP contribution is 2.35. The van der Waals surface area contributed by atoms with Gasteiger partial charge < -0.3 is 20.3 Å². The van der Waals surface area contributed by atoms with E-state index in [-0.39, 0.29) is 12.1 Å². The Balaban J connectivity index is 1.77. The molecule has 29 heavy (non-hydrogen) atoms. The van der Waals surface area contributed by atoms with Gasteiger partial charge in [0.15, 0.2) is 5.96 Å². The van der Waals surface area contributed by atoms with Gasteiger partial charge in [0.05, 0.1) is 31.9 Å². The van der Waals surface area contributed by atoms with Gasteiger partial charge in [-0.15, -0.1) is 11.3 Å². The fraction of sp³-hybridized carbons (Fsp3) is 0.450. The lowest BCUT2D eigenvalue weighted by Gasteiger charge is -2.29. The zero-order valence-electron chi connectivity index (χ0n) is 16.3. The van der Waals surface area contributed by atoms with Crippen molar-refractivity contribution < 1.29 is 17.9 Å². The number of hydrogen-bond acceptors (Lipinski definition) is 4. The van der Waals surface area contributed by atoms with Gasteiger partial charge in [-0.3, -0.25) is 0 Å². The number of anilines is 1. The van der Waals surface area contributed by atoms with Crippen LogP contribution in [0.1, 0.15) is 22.9 Å². The highest BCUT2D eigenvalue weighted by Gasteiger charge is 2.34. The van der Waals surface area contributed by atoms with E-state index in [4.69, 9.17) is 4.74 Å². The van der Waals surface area contributed by atoms with E-state index in [1.54, 1.807) is 17.4 Å². The Morgan fingerprint density at radius 3 is 2.66 bits per heavy atom. The number of aliphatic imine (C=N–C) groups is 1. The van der Waals surface area contributed by atoms with E-state index in [0.717, 1.165) is 4.88 Å². The molecule has 9 heteroatoms. The van der Waals surface area contributed by atoms with E-state index >= 15 is 0 Å². The van der Waals surface area contributed by atoms with E-state index in [9.17, 15) is 13.2 Å². The van der Waals surface area contributed by atoms with E-state index < -0.39 is 11.7 Å². The Morgan fingerprint density at radius 2 is 2.00 bits per heavy atom. The second-order valence-corrected chi connectivity index (χ2v) is 7.60. The molecule has 2 aromatic rings. The monoisotopic (exact) mass is 426 g/mol. The van der Waals surface area contributed by atoms with Gasteiger partial charge in [-0.2, -0.15) is 13.2 Å². The zero-order chi connectivity index (χ0) is 20.7. The van der Waals surface area contributed by atoms with Gasteiger partial charge in [-0.25, -0.2) is 4.99 Å². The van der Waals surface area contributed by atoms with Gasteiger partial charge in [0, 0.05) is 30.2 Å². The van der Waals surface area contributed by atoms with Crippen LogP contribution in [0.5, 0.6) is 0 Å². The fourth-order valence-electron chi connectivity index (χ4n) is 3.07. The first kappa shape index (κ1) is 21.4. The molecule has 0 saturated carbocycles. The van der Waals surface area contributed by atoms with Gasteiger partial charge >= 0.3 is 6.18 Å². The summed E-state index contributed by atoms with van der Waals surface area (Å²) in [6.07, 6.45) is -4.43. The van der Waals surface area contributed by atoms with Crippen LogP contribution in [0.2, 0.25) is 0 Å². The minimum atomic E-state index is -4.43. The summed E-state index contributed by atoms with van der Waals surface area (Å²) in [7, 11) is 0. The third kappa shape index (κ3) is 6.11. The normalized spacial score (nSPS) is 15.4. The second-order valence-electron chi connectivity index (χ2n) is 6.57. The SMILES string of the molecule is CCNC(=NCc1ccc(N2CCOCC2)cc1C(F)(F)F)NCc1cccs1. The van der Waals surface area contributed by atoms with Crippen molar-refractivity contribution in [3.63, 3.8) is 0 Å². The Bertz CT molecular complexity index is 803. The van der Waals surface area contributed by atoms with Crippen LogP contribution in [-0.4, -0.2) is 38.8 Å². The average molecular weight is 427 g/mol. The van der Waals surface area contributed by atoms with Gasteiger partial charge in [-0.05, 0) is 36.1 Å². The maximum atomic E-state index is 13.7. The molecule has 1 aromatic carbocycles. The highest BCUT2D eigenvalue weighted by molar-refractivity contribution is 7.09. The van der Waals surface area contributed by atoms with Crippen LogP contribution in [0.25, 0.3) is 0 Å². The summed E-state index contributed by atoms with van der Waals surface area (Å²) in [5, 5.41) is 8.22. The van der Waals surface area contributed by atoms with E-state index in [0.29, 0.717) is 51.0 Å². The molecule has 1 fully saturated rings. The summed E-state index contributed by atoms with van der Waals surface area (Å²) in [6.45, 7) is 5.28. The molecule has 0 amide bonds. The lowest BCUT2D eigenvalue weighted by atomic mass is 10.1. The molecule has 5 nitrogen and oxygen atoms in total. The number of alkyl halides is 3. The van der Waals surface area contributed by atoms with Crippen LogP contribution in [0, 0.1) is 0 Å². The number of thiophene rings is 1. The predicted molar refractivity (Wildman–Crippen MR) is 110 cm³/mol. The first-order valence-electron chi connectivity index (χ1n) is 9.54. The molecule has 1 saturated heterocycles. The molecule has 2 heterocycles. The topological polar surface area (TPSA) is 48.9 Å². The maximum Gasteiger partial charge on any atom is 0.416 e. The quantitative estimate of drug-likeness (QED) is 0.544. The van der Waals surface area contributed by atoms with Crippen LogP contribution in [0.4, 0.5) is 18.9 Å². The summed E-state index contributed by atoms with van der Waals surface area (Å²) >= 11 is 1.61.